The highest BCUT2D eigenvalue weighted by atomic mass is 16.1. The second-order valence-electron chi connectivity index (χ2n) is 5.86. The number of nitrogens with one attached hydrogen (secondary N) is 1. The lowest BCUT2D eigenvalue weighted by Crippen LogP contribution is -2.14. The Morgan fingerprint density at radius 1 is 1.06 bits per heavy atom. The molecule has 0 saturated carbocycles. The molecule has 96 valence electrons. The van der Waals surface area contributed by atoms with E-state index in [4.69, 9.17) is 0 Å². The molecule has 3 heteroatoms. The van der Waals surface area contributed by atoms with Crippen LogP contribution in [0.2, 0.25) is 0 Å². The van der Waals surface area contributed by atoms with Crippen LogP contribution in [0.4, 0.5) is 0 Å². The quantitative estimate of drug-likeness (QED) is 0.822. The summed E-state index contributed by atoms with van der Waals surface area (Å²) >= 11 is 0. The normalized spacial score (nSPS) is 11.8. The lowest BCUT2D eigenvalue weighted by molar-refractivity contribution is 0.560. The van der Waals surface area contributed by atoms with E-state index in [0.29, 0.717) is 0 Å². The second-order valence-corrected chi connectivity index (χ2v) is 5.86. The van der Waals surface area contributed by atoms with E-state index in [2.05, 4.69) is 39.7 Å². The molecule has 1 aromatic heterocycles. The SMILES string of the molecule is Cc1ccc(-n2[nH]c(C(C)(C)C)cc2=O)cc1C. The summed E-state index contributed by atoms with van der Waals surface area (Å²) in [6.07, 6.45) is 0. The van der Waals surface area contributed by atoms with Crippen LogP contribution in [0, 0.1) is 13.8 Å². The van der Waals surface area contributed by atoms with Crippen molar-refractivity contribution < 1.29 is 0 Å². The fourth-order valence-corrected chi connectivity index (χ4v) is 1.84. The predicted molar refractivity (Wildman–Crippen MR) is 74.6 cm³/mol. The number of hydrogen-bond acceptors (Lipinski definition) is 1. The molecule has 0 aliphatic rings. The molecule has 0 radical (unpaired) electrons. The van der Waals surface area contributed by atoms with Crippen molar-refractivity contribution in [3.8, 4) is 5.69 Å². The summed E-state index contributed by atoms with van der Waals surface area (Å²) in [6.45, 7) is 10.4. The Hall–Kier alpha value is -1.77. The third kappa shape index (κ3) is 2.26. The van der Waals surface area contributed by atoms with E-state index in [1.54, 1.807) is 10.7 Å². The first-order chi connectivity index (χ1) is 8.29. The lowest BCUT2D eigenvalue weighted by atomic mass is 9.93. The smallest absolute Gasteiger partial charge is 0.271 e. The highest BCUT2D eigenvalue weighted by molar-refractivity contribution is 5.39. The molecular weight excluding hydrogens is 224 g/mol. The Kier molecular flexibility index (Phi) is 2.93. The molecular formula is C15H20N2O. The van der Waals surface area contributed by atoms with Crippen LogP contribution in [0.5, 0.6) is 0 Å². The summed E-state index contributed by atoms with van der Waals surface area (Å²) in [4.78, 5) is 12.0. The molecule has 1 heterocycles. The zero-order valence-corrected chi connectivity index (χ0v) is 11.7. The average Bonchev–Trinajstić information content (AvgIpc) is 2.64. The molecule has 2 rings (SSSR count). The van der Waals surface area contributed by atoms with Gasteiger partial charge in [-0.25, -0.2) is 4.68 Å². The van der Waals surface area contributed by atoms with E-state index in [9.17, 15) is 4.79 Å². The van der Waals surface area contributed by atoms with Crippen LogP contribution >= 0.6 is 0 Å². The van der Waals surface area contributed by atoms with Crippen LogP contribution in [-0.2, 0) is 5.41 Å². The molecule has 0 aliphatic carbocycles. The van der Waals surface area contributed by atoms with E-state index < -0.39 is 0 Å². The van der Waals surface area contributed by atoms with E-state index >= 15 is 0 Å². The van der Waals surface area contributed by atoms with Gasteiger partial charge in [0.25, 0.3) is 5.56 Å². The summed E-state index contributed by atoms with van der Waals surface area (Å²) in [5.41, 5.74) is 4.19. The van der Waals surface area contributed by atoms with E-state index in [0.717, 1.165) is 11.4 Å². The number of aryl methyl sites for hydroxylation is 2. The number of benzene rings is 1. The predicted octanol–water partition coefficient (Wildman–Crippen LogP) is 3.08. The maximum Gasteiger partial charge on any atom is 0.271 e. The molecule has 2 aromatic rings. The third-order valence-corrected chi connectivity index (χ3v) is 3.28. The topological polar surface area (TPSA) is 37.8 Å². The van der Waals surface area contributed by atoms with Gasteiger partial charge in [-0.15, -0.1) is 0 Å². The molecule has 0 fully saturated rings. The molecule has 0 unspecified atom stereocenters. The first-order valence-electron chi connectivity index (χ1n) is 6.19. The number of aromatic amines is 1. The fraction of sp³-hybridized carbons (Fsp3) is 0.400. The van der Waals surface area contributed by atoms with Gasteiger partial charge in [0.2, 0.25) is 0 Å². The molecule has 3 nitrogen and oxygen atoms in total. The number of aromatic nitrogens is 2. The van der Waals surface area contributed by atoms with Gasteiger partial charge in [0.15, 0.2) is 0 Å². The standard InChI is InChI=1S/C15H20N2O/c1-10-6-7-12(8-11(10)2)17-14(18)9-13(16-17)15(3,4)5/h6-9,16H,1-5H3. The van der Waals surface area contributed by atoms with Crippen LogP contribution in [0.3, 0.4) is 0 Å². The third-order valence-electron chi connectivity index (χ3n) is 3.28. The highest BCUT2D eigenvalue weighted by Crippen LogP contribution is 2.19. The highest BCUT2D eigenvalue weighted by Gasteiger charge is 2.18. The Morgan fingerprint density at radius 3 is 2.22 bits per heavy atom. The number of H-pyrrole nitrogens is 1. The molecule has 0 saturated heterocycles. The Balaban J connectivity index is 2.55. The summed E-state index contributed by atoms with van der Waals surface area (Å²) in [5.74, 6) is 0. The second kappa shape index (κ2) is 4.16. The Labute approximate surface area is 107 Å². The monoisotopic (exact) mass is 244 g/mol. The van der Waals surface area contributed by atoms with Crippen LogP contribution in [0.1, 0.15) is 37.6 Å². The molecule has 0 amide bonds. The molecule has 18 heavy (non-hydrogen) atoms. The van der Waals surface area contributed by atoms with E-state index in [-0.39, 0.29) is 11.0 Å². The fourth-order valence-electron chi connectivity index (χ4n) is 1.84. The minimum atomic E-state index is -0.0514. The average molecular weight is 244 g/mol. The zero-order valence-electron chi connectivity index (χ0n) is 11.7. The van der Waals surface area contributed by atoms with E-state index in [1.165, 1.54) is 11.1 Å². The van der Waals surface area contributed by atoms with Crippen molar-refractivity contribution in [1.29, 1.82) is 0 Å². The summed E-state index contributed by atoms with van der Waals surface area (Å²) < 4.78 is 1.60. The van der Waals surface area contributed by atoms with Crippen LogP contribution in [0.25, 0.3) is 5.69 Å². The van der Waals surface area contributed by atoms with Crippen LogP contribution in [-0.4, -0.2) is 9.78 Å². The number of hydrogen-bond donors (Lipinski definition) is 1. The Bertz CT molecular complexity index is 627. The van der Waals surface area contributed by atoms with Gasteiger partial charge in [-0.3, -0.25) is 9.89 Å². The minimum absolute atomic E-state index is 0.0109. The van der Waals surface area contributed by atoms with Gasteiger partial charge >= 0.3 is 0 Å². The van der Waals surface area contributed by atoms with Crippen molar-refractivity contribution in [2.45, 2.75) is 40.0 Å². The van der Waals surface area contributed by atoms with E-state index in [1.807, 2.05) is 18.2 Å². The maximum atomic E-state index is 12.0. The number of nitrogens with zero attached hydrogens (tertiary/aromatic N) is 1. The van der Waals surface area contributed by atoms with Gasteiger partial charge in [-0.05, 0) is 37.1 Å². The van der Waals surface area contributed by atoms with Crippen molar-refractivity contribution in [1.82, 2.24) is 9.78 Å². The van der Waals surface area contributed by atoms with Gasteiger partial charge in [0, 0.05) is 17.2 Å². The first kappa shape index (κ1) is 12.7. The van der Waals surface area contributed by atoms with Gasteiger partial charge in [0.1, 0.15) is 0 Å². The van der Waals surface area contributed by atoms with Gasteiger partial charge in [-0.2, -0.15) is 0 Å². The first-order valence-corrected chi connectivity index (χ1v) is 6.19. The maximum absolute atomic E-state index is 12.0. The summed E-state index contributed by atoms with van der Waals surface area (Å²) in [7, 11) is 0. The van der Waals surface area contributed by atoms with Crippen molar-refractivity contribution in [2.24, 2.45) is 0 Å². The Morgan fingerprint density at radius 2 is 1.72 bits per heavy atom. The summed E-state index contributed by atoms with van der Waals surface area (Å²) in [6, 6.07) is 7.70. The van der Waals surface area contributed by atoms with Crippen molar-refractivity contribution in [3.05, 3.63) is 51.4 Å². The minimum Gasteiger partial charge on any atom is -0.294 e. The molecule has 0 atom stereocenters. The molecule has 0 bridgehead atoms. The largest absolute Gasteiger partial charge is 0.294 e. The van der Waals surface area contributed by atoms with Crippen LogP contribution < -0.4 is 5.56 Å². The lowest BCUT2D eigenvalue weighted by Gasteiger charge is -2.15. The molecule has 0 spiro atoms. The van der Waals surface area contributed by atoms with Gasteiger partial charge in [-0.1, -0.05) is 26.8 Å². The number of rotatable bonds is 1. The molecule has 1 aromatic carbocycles. The molecule has 0 aliphatic heterocycles. The van der Waals surface area contributed by atoms with Crippen molar-refractivity contribution >= 4 is 0 Å². The summed E-state index contributed by atoms with van der Waals surface area (Å²) in [5, 5.41) is 3.19. The zero-order chi connectivity index (χ0) is 13.5. The van der Waals surface area contributed by atoms with Crippen molar-refractivity contribution in [2.75, 3.05) is 0 Å². The van der Waals surface area contributed by atoms with Gasteiger partial charge < -0.3 is 0 Å². The van der Waals surface area contributed by atoms with Crippen molar-refractivity contribution in [3.63, 3.8) is 0 Å². The van der Waals surface area contributed by atoms with Crippen LogP contribution in [0.15, 0.2) is 29.1 Å². The van der Waals surface area contributed by atoms with Gasteiger partial charge in [0.05, 0.1) is 5.69 Å². The molecule has 1 N–H and O–H groups in total.